The Hall–Kier alpha value is -2.73. The van der Waals surface area contributed by atoms with E-state index < -0.39 is 0 Å². The SMILES string of the molecule is C[C@@H](Cc1cnccn1)N(C)C(=O)c1c[nH]c2cc(Cl)ccc2c1=O. The first-order chi connectivity index (χ1) is 12.0. The second kappa shape index (κ2) is 7.03. The number of carbonyl (C=O) groups excluding carboxylic acids is 1. The highest BCUT2D eigenvalue weighted by molar-refractivity contribution is 6.31. The summed E-state index contributed by atoms with van der Waals surface area (Å²) in [6, 6.07) is 4.78. The van der Waals surface area contributed by atoms with Gasteiger partial charge in [0, 0.05) is 54.7 Å². The Morgan fingerprint density at radius 2 is 2.16 bits per heavy atom. The molecule has 3 aromatic rings. The molecule has 25 heavy (non-hydrogen) atoms. The van der Waals surface area contributed by atoms with E-state index in [-0.39, 0.29) is 22.9 Å². The van der Waals surface area contributed by atoms with Crippen LogP contribution in [-0.4, -0.2) is 38.8 Å². The lowest BCUT2D eigenvalue weighted by Crippen LogP contribution is -2.38. The van der Waals surface area contributed by atoms with Crippen molar-refractivity contribution in [2.75, 3.05) is 7.05 Å². The second-order valence-electron chi connectivity index (χ2n) is 5.89. The van der Waals surface area contributed by atoms with Crippen LogP contribution in [0.2, 0.25) is 5.02 Å². The first-order valence-corrected chi connectivity index (χ1v) is 8.18. The fourth-order valence-corrected chi connectivity index (χ4v) is 2.79. The molecular formula is C18H17ClN4O2. The smallest absolute Gasteiger partial charge is 0.259 e. The predicted octanol–water partition coefficient (Wildman–Crippen LogP) is 2.67. The minimum absolute atomic E-state index is 0.100. The van der Waals surface area contributed by atoms with Crippen LogP contribution in [0.3, 0.4) is 0 Å². The van der Waals surface area contributed by atoms with Crippen LogP contribution in [0.1, 0.15) is 23.0 Å². The van der Waals surface area contributed by atoms with Crippen LogP contribution in [0.15, 0.2) is 47.8 Å². The van der Waals surface area contributed by atoms with E-state index in [1.165, 1.54) is 6.20 Å². The molecular weight excluding hydrogens is 340 g/mol. The molecule has 0 bridgehead atoms. The molecule has 0 aliphatic heterocycles. The highest BCUT2D eigenvalue weighted by Crippen LogP contribution is 2.16. The Bertz CT molecular complexity index is 972. The molecule has 2 aromatic heterocycles. The number of pyridine rings is 1. The third-order valence-electron chi connectivity index (χ3n) is 4.18. The summed E-state index contributed by atoms with van der Waals surface area (Å²) in [6.07, 6.45) is 6.88. The Kier molecular flexibility index (Phi) is 4.81. The first kappa shape index (κ1) is 17.1. The van der Waals surface area contributed by atoms with Gasteiger partial charge in [0.05, 0.1) is 11.2 Å². The molecule has 0 fully saturated rings. The highest BCUT2D eigenvalue weighted by atomic mass is 35.5. The number of aromatic amines is 1. The van der Waals surface area contributed by atoms with Crippen molar-refractivity contribution in [1.29, 1.82) is 0 Å². The maximum atomic E-state index is 12.8. The van der Waals surface area contributed by atoms with Crippen molar-refractivity contribution in [3.8, 4) is 0 Å². The second-order valence-corrected chi connectivity index (χ2v) is 6.32. The van der Waals surface area contributed by atoms with Crippen LogP contribution in [0, 0.1) is 0 Å². The van der Waals surface area contributed by atoms with Gasteiger partial charge in [-0.3, -0.25) is 19.6 Å². The minimum atomic E-state index is -0.338. The monoisotopic (exact) mass is 356 g/mol. The molecule has 7 heteroatoms. The molecule has 1 amide bonds. The number of aromatic nitrogens is 3. The summed E-state index contributed by atoms with van der Waals surface area (Å²) in [7, 11) is 1.68. The van der Waals surface area contributed by atoms with Gasteiger partial charge in [-0.05, 0) is 25.1 Å². The Morgan fingerprint density at radius 1 is 1.36 bits per heavy atom. The average molecular weight is 357 g/mol. The van der Waals surface area contributed by atoms with Gasteiger partial charge in [0.25, 0.3) is 5.91 Å². The predicted molar refractivity (Wildman–Crippen MR) is 96.9 cm³/mol. The number of amides is 1. The van der Waals surface area contributed by atoms with E-state index in [1.54, 1.807) is 48.7 Å². The fraction of sp³-hybridized carbons (Fsp3) is 0.222. The Morgan fingerprint density at radius 3 is 2.88 bits per heavy atom. The van der Waals surface area contributed by atoms with Crippen molar-refractivity contribution in [2.24, 2.45) is 0 Å². The molecule has 1 aromatic carbocycles. The van der Waals surface area contributed by atoms with Crippen LogP contribution >= 0.6 is 11.6 Å². The molecule has 0 spiro atoms. The van der Waals surface area contributed by atoms with Crippen LogP contribution in [0.4, 0.5) is 0 Å². The lowest BCUT2D eigenvalue weighted by molar-refractivity contribution is 0.0741. The number of hydrogen-bond donors (Lipinski definition) is 1. The number of H-pyrrole nitrogens is 1. The van der Waals surface area contributed by atoms with Crippen molar-refractivity contribution >= 4 is 28.4 Å². The summed E-state index contributed by atoms with van der Waals surface area (Å²) in [5.41, 5.74) is 1.18. The van der Waals surface area contributed by atoms with Crippen LogP contribution in [0.25, 0.3) is 10.9 Å². The average Bonchev–Trinajstić information content (AvgIpc) is 2.61. The van der Waals surface area contributed by atoms with Crippen LogP contribution < -0.4 is 5.43 Å². The normalized spacial score (nSPS) is 12.1. The van der Waals surface area contributed by atoms with Gasteiger partial charge in [-0.1, -0.05) is 11.6 Å². The molecule has 0 saturated heterocycles. The molecule has 0 aliphatic carbocycles. The number of benzene rings is 1. The summed E-state index contributed by atoms with van der Waals surface area (Å²) in [5, 5.41) is 0.960. The molecule has 3 rings (SSSR count). The maximum Gasteiger partial charge on any atom is 0.259 e. The number of halogens is 1. The number of nitrogens with one attached hydrogen (secondary N) is 1. The van der Waals surface area contributed by atoms with Crippen LogP contribution in [-0.2, 0) is 6.42 Å². The van der Waals surface area contributed by atoms with E-state index in [2.05, 4.69) is 15.0 Å². The lowest BCUT2D eigenvalue weighted by Gasteiger charge is -2.24. The standard InChI is InChI=1S/C18H17ClN4O2/c1-11(7-13-9-20-5-6-21-13)23(2)18(25)15-10-22-16-8-12(19)3-4-14(16)17(15)24/h3-6,8-11H,7H2,1-2H3,(H,22,24)/t11-/m0/s1. The minimum Gasteiger partial charge on any atom is -0.360 e. The zero-order valence-electron chi connectivity index (χ0n) is 13.9. The van der Waals surface area contributed by atoms with Gasteiger partial charge in [-0.2, -0.15) is 0 Å². The van der Waals surface area contributed by atoms with Gasteiger partial charge in [-0.25, -0.2) is 0 Å². The van der Waals surface area contributed by atoms with Gasteiger partial charge in [0.1, 0.15) is 5.56 Å². The summed E-state index contributed by atoms with van der Waals surface area (Å²) >= 11 is 5.93. The van der Waals surface area contributed by atoms with Gasteiger partial charge in [-0.15, -0.1) is 0 Å². The van der Waals surface area contributed by atoms with E-state index in [0.29, 0.717) is 22.3 Å². The van der Waals surface area contributed by atoms with E-state index in [4.69, 9.17) is 11.6 Å². The van der Waals surface area contributed by atoms with E-state index >= 15 is 0 Å². The fourth-order valence-electron chi connectivity index (χ4n) is 2.62. The van der Waals surface area contributed by atoms with Crippen LogP contribution in [0.5, 0.6) is 0 Å². The number of nitrogens with zero attached hydrogens (tertiary/aromatic N) is 3. The Labute approximate surface area is 149 Å². The summed E-state index contributed by atoms with van der Waals surface area (Å²) in [6.45, 7) is 1.90. The first-order valence-electron chi connectivity index (χ1n) is 7.80. The molecule has 6 nitrogen and oxygen atoms in total. The summed E-state index contributed by atoms with van der Waals surface area (Å²) in [4.78, 5) is 38.1. The zero-order chi connectivity index (χ0) is 18.0. The zero-order valence-corrected chi connectivity index (χ0v) is 14.6. The topological polar surface area (TPSA) is 79.0 Å². The van der Waals surface area contributed by atoms with Crippen molar-refractivity contribution in [1.82, 2.24) is 19.9 Å². The van der Waals surface area contributed by atoms with Crippen molar-refractivity contribution < 1.29 is 4.79 Å². The molecule has 0 unspecified atom stereocenters. The largest absolute Gasteiger partial charge is 0.360 e. The molecule has 0 saturated carbocycles. The van der Waals surface area contributed by atoms with E-state index in [1.807, 2.05) is 6.92 Å². The number of hydrogen-bond acceptors (Lipinski definition) is 4. The molecule has 0 radical (unpaired) electrons. The van der Waals surface area contributed by atoms with Crippen molar-refractivity contribution in [3.63, 3.8) is 0 Å². The van der Waals surface area contributed by atoms with Gasteiger partial charge < -0.3 is 9.88 Å². The highest BCUT2D eigenvalue weighted by Gasteiger charge is 2.21. The maximum absolute atomic E-state index is 12.8. The van der Waals surface area contributed by atoms with Crippen molar-refractivity contribution in [2.45, 2.75) is 19.4 Å². The van der Waals surface area contributed by atoms with Gasteiger partial charge in [0.15, 0.2) is 0 Å². The van der Waals surface area contributed by atoms with Gasteiger partial charge >= 0.3 is 0 Å². The summed E-state index contributed by atoms with van der Waals surface area (Å²) in [5.74, 6) is -0.338. The number of fused-ring (bicyclic) bond motifs is 1. The molecule has 1 atom stereocenters. The molecule has 1 N–H and O–H groups in total. The summed E-state index contributed by atoms with van der Waals surface area (Å²) < 4.78 is 0. The number of rotatable bonds is 4. The quantitative estimate of drug-likeness (QED) is 0.779. The van der Waals surface area contributed by atoms with Crippen molar-refractivity contribution in [3.05, 3.63) is 69.5 Å². The van der Waals surface area contributed by atoms with E-state index in [0.717, 1.165) is 5.69 Å². The molecule has 0 aliphatic rings. The van der Waals surface area contributed by atoms with Gasteiger partial charge in [0.2, 0.25) is 5.43 Å². The molecule has 128 valence electrons. The molecule has 2 heterocycles. The third kappa shape index (κ3) is 3.53. The Balaban J connectivity index is 1.87. The van der Waals surface area contributed by atoms with E-state index in [9.17, 15) is 9.59 Å². The number of carbonyl (C=O) groups is 1. The number of likely N-dealkylation sites (N-methyl/N-ethyl adjacent to an activating group) is 1. The lowest BCUT2D eigenvalue weighted by atomic mass is 10.1. The third-order valence-corrected chi connectivity index (χ3v) is 4.41.